The molecular weight excluding hydrogens is 258 g/mol. The van der Waals surface area contributed by atoms with Gasteiger partial charge in [0, 0.05) is 9.01 Å². The molecule has 1 rings (SSSR count). The Morgan fingerprint density at radius 3 is 2.83 bits per heavy atom. The van der Waals surface area contributed by atoms with Gasteiger partial charge in [0.15, 0.2) is 4.47 Å². The molecule has 0 aromatic carbocycles. The fourth-order valence-corrected chi connectivity index (χ4v) is 1.80. The van der Waals surface area contributed by atoms with Crippen LogP contribution < -0.4 is 9.88 Å². The molecule has 1 aromatic heterocycles. The predicted octanol–water partition coefficient (Wildman–Crippen LogP) is 2.29. The van der Waals surface area contributed by atoms with E-state index in [-0.39, 0.29) is 0 Å². The molecule has 1 nitrogen and oxygen atoms in total. The van der Waals surface area contributed by atoms with Gasteiger partial charge in [-0.05, 0) is 13.0 Å². The van der Waals surface area contributed by atoms with Crippen molar-refractivity contribution in [3.63, 3.8) is 0 Å². The SMILES string of the molecule is C=c1sc(Cl)n/c1=C/C(Br)=C\C. The summed E-state index contributed by atoms with van der Waals surface area (Å²) in [6.45, 7) is 5.76. The third-order valence-corrected chi connectivity index (χ3v) is 2.97. The summed E-state index contributed by atoms with van der Waals surface area (Å²) in [5.41, 5.74) is 0. The van der Waals surface area contributed by atoms with Crippen molar-refractivity contribution in [1.82, 2.24) is 4.98 Å². The monoisotopic (exact) mass is 263 g/mol. The van der Waals surface area contributed by atoms with E-state index in [1.54, 1.807) is 0 Å². The number of aromatic nitrogens is 1. The van der Waals surface area contributed by atoms with E-state index in [9.17, 15) is 0 Å². The van der Waals surface area contributed by atoms with Crippen LogP contribution in [0.25, 0.3) is 12.7 Å². The Labute approximate surface area is 88.2 Å². The molecule has 64 valence electrons. The number of halogens is 2. The Morgan fingerprint density at radius 1 is 1.75 bits per heavy atom. The molecule has 0 spiro atoms. The van der Waals surface area contributed by atoms with Gasteiger partial charge in [-0.25, -0.2) is 4.98 Å². The van der Waals surface area contributed by atoms with Gasteiger partial charge in [0.05, 0.1) is 5.35 Å². The van der Waals surface area contributed by atoms with E-state index in [1.807, 2.05) is 19.1 Å². The molecule has 0 saturated heterocycles. The summed E-state index contributed by atoms with van der Waals surface area (Å²) in [6.07, 6.45) is 3.83. The summed E-state index contributed by atoms with van der Waals surface area (Å²) in [4.78, 5) is 4.09. The molecule has 0 fully saturated rings. The highest BCUT2D eigenvalue weighted by Crippen LogP contribution is 2.06. The van der Waals surface area contributed by atoms with Crippen molar-refractivity contribution in [2.75, 3.05) is 0 Å². The molecule has 0 bridgehead atoms. The maximum Gasteiger partial charge on any atom is 0.184 e. The standard InChI is InChI=1S/C8H7BrClNS/c1-3-6(9)4-7-5(2)12-8(10)11-7/h3-4H,2H2,1H3/b6-3+,7-4+. The first-order valence-electron chi connectivity index (χ1n) is 3.28. The van der Waals surface area contributed by atoms with Gasteiger partial charge in [-0.15, -0.1) is 11.3 Å². The summed E-state index contributed by atoms with van der Waals surface area (Å²) < 4.78 is 2.40. The van der Waals surface area contributed by atoms with Crippen molar-refractivity contribution >= 4 is 51.5 Å². The molecule has 0 aliphatic rings. The zero-order valence-electron chi connectivity index (χ0n) is 6.47. The van der Waals surface area contributed by atoms with E-state index in [1.165, 1.54) is 11.3 Å². The lowest BCUT2D eigenvalue weighted by Crippen LogP contribution is -2.18. The van der Waals surface area contributed by atoms with Gasteiger partial charge in [-0.2, -0.15) is 0 Å². The summed E-state index contributed by atoms with van der Waals surface area (Å²) in [6, 6.07) is 0. The Morgan fingerprint density at radius 2 is 2.42 bits per heavy atom. The third-order valence-electron chi connectivity index (χ3n) is 1.25. The van der Waals surface area contributed by atoms with Crippen LogP contribution in [0.15, 0.2) is 10.6 Å². The molecule has 12 heavy (non-hydrogen) atoms. The van der Waals surface area contributed by atoms with Gasteiger partial charge in [-0.1, -0.05) is 40.2 Å². The van der Waals surface area contributed by atoms with Crippen molar-refractivity contribution in [3.8, 4) is 0 Å². The minimum atomic E-state index is 0.530. The Kier molecular flexibility index (Phi) is 3.50. The first-order valence-corrected chi connectivity index (χ1v) is 5.27. The van der Waals surface area contributed by atoms with Gasteiger partial charge < -0.3 is 0 Å². The van der Waals surface area contributed by atoms with E-state index in [4.69, 9.17) is 11.6 Å². The molecule has 1 heterocycles. The minimum absolute atomic E-state index is 0.530. The highest BCUT2D eigenvalue weighted by Gasteiger charge is 1.93. The topological polar surface area (TPSA) is 12.9 Å². The molecule has 0 aliphatic heterocycles. The summed E-state index contributed by atoms with van der Waals surface area (Å²) >= 11 is 10.4. The molecule has 0 unspecified atom stereocenters. The lowest BCUT2D eigenvalue weighted by molar-refractivity contribution is 1.32. The summed E-state index contributed by atoms with van der Waals surface area (Å²) in [7, 11) is 0. The summed E-state index contributed by atoms with van der Waals surface area (Å²) in [5.74, 6) is 0. The molecule has 0 radical (unpaired) electrons. The largest absolute Gasteiger partial charge is 0.225 e. The molecule has 0 aliphatic carbocycles. The molecular formula is C8H7BrClNS. The number of hydrogen-bond donors (Lipinski definition) is 0. The molecule has 0 N–H and O–H groups in total. The van der Waals surface area contributed by atoms with Crippen LogP contribution in [-0.4, -0.2) is 4.98 Å². The quantitative estimate of drug-likeness (QED) is 0.758. The normalized spacial score (nSPS) is 13.9. The fraction of sp³-hybridized carbons (Fsp3) is 0.125. The lowest BCUT2D eigenvalue weighted by Gasteiger charge is -1.81. The number of thiazole rings is 1. The van der Waals surface area contributed by atoms with Crippen molar-refractivity contribution in [3.05, 3.63) is 24.9 Å². The van der Waals surface area contributed by atoms with Crippen molar-refractivity contribution in [1.29, 1.82) is 0 Å². The second kappa shape index (κ2) is 4.21. The maximum atomic E-state index is 5.70. The first kappa shape index (κ1) is 9.96. The maximum absolute atomic E-state index is 5.70. The van der Waals surface area contributed by atoms with Crippen LogP contribution in [0.1, 0.15) is 6.92 Å². The van der Waals surface area contributed by atoms with Crippen LogP contribution in [-0.2, 0) is 0 Å². The van der Waals surface area contributed by atoms with Crippen LogP contribution in [0.4, 0.5) is 0 Å². The minimum Gasteiger partial charge on any atom is -0.225 e. The average Bonchev–Trinajstić information content (AvgIpc) is 2.30. The highest BCUT2D eigenvalue weighted by molar-refractivity contribution is 9.12. The Bertz CT molecular complexity index is 407. The van der Waals surface area contributed by atoms with Gasteiger partial charge in [-0.3, -0.25) is 0 Å². The number of hydrogen-bond acceptors (Lipinski definition) is 2. The van der Waals surface area contributed by atoms with E-state index in [0.29, 0.717) is 4.47 Å². The van der Waals surface area contributed by atoms with E-state index in [2.05, 4.69) is 27.5 Å². The van der Waals surface area contributed by atoms with E-state index in [0.717, 1.165) is 14.4 Å². The molecule has 1 aromatic rings. The molecule has 0 atom stereocenters. The predicted molar refractivity (Wildman–Crippen MR) is 59.0 cm³/mol. The van der Waals surface area contributed by atoms with Crippen molar-refractivity contribution in [2.45, 2.75) is 6.92 Å². The lowest BCUT2D eigenvalue weighted by atomic mass is 10.4. The number of nitrogens with zero attached hydrogens (tertiary/aromatic N) is 1. The van der Waals surface area contributed by atoms with Crippen LogP contribution >= 0.6 is 38.9 Å². The number of rotatable bonds is 1. The average molecular weight is 265 g/mol. The van der Waals surface area contributed by atoms with Gasteiger partial charge >= 0.3 is 0 Å². The van der Waals surface area contributed by atoms with Crippen molar-refractivity contribution in [2.24, 2.45) is 0 Å². The van der Waals surface area contributed by atoms with Gasteiger partial charge in [0.25, 0.3) is 0 Å². The van der Waals surface area contributed by atoms with Crippen molar-refractivity contribution < 1.29 is 0 Å². The summed E-state index contributed by atoms with van der Waals surface area (Å²) in [5, 5.41) is 0.829. The van der Waals surface area contributed by atoms with Crippen LogP contribution in [0.3, 0.4) is 0 Å². The zero-order valence-corrected chi connectivity index (χ0v) is 9.63. The van der Waals surface area contributed by atoms with Gasteiger partial charge in [0.1, 0.15) is 0 Å². The Balaban J connectivity index is 3.28. The van der Waals surface area contributed by atoms with Crippen LogP contribution in [0.5, 0.6) is 0 Å². The molecule has 0 saturated carbocycles. The molecule has 4 heteroatoms. The number of allylic oxidation sites excluding steroid dienone is 2. The second-order valence-electron chi connectivity index (χ2n) is 2.09. The van der Waals surface area contributed by atoms with E-state index >= 15 is 0 Å². The second-order valence-corrected chi connectivity index (χ2v) is 4.67. The van der Waals surface area contributed by atoms with Crippen LogP contribution in [0.2, 0.25) is 4.47 Å². The van der Waals surface area contributed by atoms with E-state index < -0.39 is 0 Å². The fourth-order valence-electron chi connectivity index (χ4n) is 0.661. The van der Waals surface area contributed by atoms with Crippen LogP contribution in [0, 0.1) is 0 Å². The third kappa shape index (κ3) is 2.44. The zero-order chi connectivity index (χ0) is 9.14. The first-order chi connectivity index (χ1) is 5.63. The smallest absolute Gasteiger partial charge is 0.184 e. The Hall–Kier alpha value is -0.120. The highest BCUT2D eigenvalue weighted by atomic mass is 79.9. The van der Waals surface area contributed by atoms with Gasteiger partial charge in [0.2, 0.25) is 0 Å². The molecule has 0 amide bonds.